The first-order valence-corrected chi connectivity index (χ1v) is 14.9. The van der Waals surface area contributed by atoms with Gasteiger partial charge in [-0.1, -0.05) is 39.0 Å². The molecule has 0 aliphatic heterocycles. The summed E-state index contributed by atoms with van der Waals surface area (Å²) in [5, 5.41) is 0. The zero-order chi connectivity index (χ0) is 24.7. The van der Waals surface area contributed by atoms with E-state index in [1.54, 1.807) is 0 Å². The lowest BCUT2D eigenvalue weighted by Crippen LogP contribution is -3.85. The van der Waals surface area contributed by atoms with Crippen molar-refractivity contribution in [3.8, 4) is 0 Å². The van der Waals surface area contributed by atoms with Crippen LogP contribution in [0.15, 0.2) is 48.5 Å². The van der Waals surface area contributed by atoms with Gasteiger partial charge < -0.3 is 0 Å². The van der Waals surface area contributed by atoms with E-state index in [4.69, 9.17) is 2.51 Å². The molecule has 0 saturated carbocycles. The van der Waals surface area contributed by atoms with Crippen LogP contribution in [0, 0.1) is 7.14 Å². The maximum Gasteiger partial charge on any atom is 0.416 e. The average Bonchev–Trinajstić information content (AvgIpc) is 2.73. The van der Waals surface area contributed by atoms with Crippen molar-refractivity contribution < 1.29 is 57.5 Å². The van der Waals surface area contributed by atoms with Gasteiger partial charge in [-0.2, -0.15) is 34.8 Å². The molecule has 0 fully saturated rings. The summed E-state index contributed by atoms with van der Waals surface area (Å²) in [4.78, 5) is 0. The average molecular weight is 610 g/mol. The first kappa shape index (κ1) is 27.9. The highest BCUT2D eigenvalue weighted by Gasteiger charge is 2.39. The Morgan fingerprint density at radius 1 is 0.697 bits per heavy atom. The van der Waals surface area contributed by atoms with Gasteiger partial charge in [-0.25, -0.2) is 0 Å². The van der Waals surface area contributed by atoms with Gasteiger partial charge in [0.2, 0.25) is 0 Å². The molecule has 0 atom stereocenters. The number of hydrogen-bond acceptors (Lipinski definition) is 3. The second-order valence-electron chi connectivity index (χ2n) is 7.35. The fourth-order valence-electron chi connectivity index (χ4n) is 2.89. The number of benzene rings is 2. The van der Waals surface area contributed by atoms with Crippen molar-refractivity contribution in [1.29, 1.82) is 0 Å². The summed E-state index contributed by atoms with van der Waals surface area (Å²) < 4.78 is 108. The Bertz CT molecular complexity index is 914. The quantitative estimate of drug-likeness (QED) is 0.220. The highest BCUT2D eigenvalue weighted by Crippen LogP contribution is 2.29. The molecule has 0 bridgehead atoms. The SMILES string of the molecule is CCCCCCCCS(=O)(=O)O[I+](c1ccc(C(F)(F)F)cc1)c1ccc(C(F)(F)F)cc1. The standard InChI is InChI=1S/C22H25F6IO3S/c1-2-3-4-5-6-7-16-33(30,31)32-29(19-12-8-17(9-13-19)21(23,24)25)20-14-10-18(11-15-20)22(26,27)28/h8-15H,2-7,16H2,1H3/q+1. The predicted molar refractivity (Wildman–Crippen MR) is 109 cm³/mol. The molecular formula is C22H25F6IO3S+. The third kappa shape index (κ3) is 9.08. The van der Waals surface area contributed by atoms with Crippen LogP contribution >= 0.6 is 0 Å². The van der Waals surface area contributed by atoms with E-state index in [0.29, 0.717) is 12.8 Å². The van der Waals surface area contributed by atoms with Crippen LogP contribution in [0.25, 0.3) is 0 Å². The van der Waals surface area contributed by atoms with Gasteiger partial charge in [0.05, 0.1) is 16.9 Å². The topological polar surface area (TPSA) is 43.4 Å². The minimum absolute atomic E-state index is 0.235. The van der Waals surface area contributed by atoms with Crippen LogP contribution in [0.3, 0.4) is 0 Å². The molecule has 0 N–H and O–H groups in total. The lowest BCUT2D eigenvalue weighted by molar-refractivity contribution is -1.03. The fraction of sp³-hybridized carbons (Fsp3) is 0.455. The Labute approximate surface area is 197 Å². The second kappa shape index (κ2) is 11.9. The first-order chi connectivity index (χ1) is 15.3. The molecule has 0 unspecified atom stereocenters. The highest BCUT2D eigenvalue weighted by molar-refractivity contribution is 7.86. The molecule has 0 amide bonds. The van der Waals surface area contributed by atoms with Crippen LogP contribution in [0.2, 0.25) is 0 Å². The normalized spacial score (nSPS) is 13.0. The van der Waals surface area contributed by atoms with Crippen molar-refractivity contribution in [3.05, 3.63) is 66.8 Å². The van der Waals surface area contributed by atoms with Crippen LogP contribution in [-0.2, 0) is 25.0 Å². The van der Waals surface area contributed by atoms with E-state index in [-0.39, 0.29) is 12.9 Å². The van der Waals surface area contributed by atoms with Gasteiger partial charge >= 0.3 is 42.7 Å². The van der Waals surface area contributed by atoms with Gasteiger partial charge in [-0.05, 0) is 57.5 Å². The van der Waals surface area contributed by atoms with Gasteiger partial charge in [0.1, 0.15) is 0 Å². The maximum absolute atomic E-state index is 12.9. The molecule has 0 aliphatic carbocycles. The van der Waals surface area contributed by atoms with Crippen molar-refractivity contribution in [3.63, 3.8) is 0 Å². The van der Waals surface area contributed by atoms with Crippen molar-refractivity contribution in [1.82, 2.24) is 0 Å². The monoisotopic (exact) mass is 610 g/mol. The van der Waals surface area contributed by atoms with Crippen molar-refractivity contribution in [2.24, 2.45) is 0 Å². The second-order valence-corrected chi connectivity index (χ2v) is 14.0. The van der Waals surface area contributed by atoms with E-state index in [0.717, 1.165) is 74.2 Å². The Hall–Kier alpha value is -1.34. The molecule has 185 valence electrons. The zero-order valence-corrected chi connectivity index (χ0v) is 20.8. The minimum Gasteiger partial charge on any atom is -0.196 e. The number of unbranched alkanes of at least 4 members (excludes halogenated alkanes) is 5. The third-order valence-electron chi connectivity index (χ3n) is 4.65. The van der Waals surface area contributed by atoms with E-state index in [1.165, 1.54) is 0 Å². The van der Waals surface area contributed by atoms with Gasteiger partial charge in [-0.15, -0.1) is 0 Å². The predicted octanol–water partition coefficient (Wildman–Crippen LogP) is 4.01. The summed E-state index contributed by atoms with van der Waals surface area (Å²) in [6.45, 7) is 2.06. The fourth-order valence-corrected chi connectivity index (χ4v) is 10.0. The Morgan fingerprint density at radius 2 is 1.09 bits per heavy atom. The molecule has 1 radical (unpaired) electrons. The molecule has 0 heterocycles. The van der Waals surface area contributed by atoms with Crippen LogP contribution < -0.4 is 20.2 Å². The molecule has 0 saturated heterocycles. The minimum atomic E-state index is -4.57. The van der Waals surface area contributed by atoms with E-state index in [9.17, 15) is 34.8 Å². The molecular weight excluding hydrogens is 585 g/mol. The van der Waals surface area contributed by atoms with Gasteiger partial charge in [0.25, 0.3) is 0 Å². The van der Waals surface area contributed by atoms with Crippen LogP contribution in [0.1, 0.15) is 56.6 Å². The Balaban J connectivity index is 2.25. The zero-order valence-electron chi connectivity index (χ0n) is 17.8. The van der Waals surface area contributed by atoms with Crippen molar-refractivity contribution in [2.75, 3.05) is 5.75 Å². The smallest absolute Gasteiger partial charge is 0.196 e. The third-order valence-corrected chi connectivity index (χ3v) is 12.2. The molecule has 2 aromatic carbocycles. The Morgan fingerprint density at radius 3 is 1.48 bits per heavy atom. The van der Waals surface area contributed by atoms with Crippen LogP contribution in [-0.4, -0.2) is 14.2 Å². The number of halogens is 7. The molecule has 0 aliphatic rings. The maximum atomic E-state index is 12.9. The summed E-state index contributed by atoms with van der Waals surface area (Å²) in [6.07, 6.45) is -4.10. The number of hydrogen-bond donors (Lipinski definition) is 0. The molecule has 2 rings (SSSR count). The number of alkyl halides is 6. The molecule has 0 spiro atoms. The van der Waals surface area contributed by atoms with Gasteiger partial charge in [-0.3, -0.25) is 0 Å². The molecule has 3 nitrogen and oxygen atoms in total. The molecule has 2 aromatic rings. The summed E-state index contributed by atoms with van der Waals surface area (Å²) in [5.41, 5.74) is -1.83. The van der Waals surface area contributed by atoms with Gasteiger partial charge in [0, 0.05) is 0 Å². The lowest BCUT2D eigenvalue weighted by Gasteiger charge is -2.10. The summed E-state index contributed by atoms with van der Waals surface area (Å²) in [5.74, 6) is -0.256. The summed E-state index contributed by atoms with van der Waals surface area (Å²) >= 11 is -3.34. The lowest BCUT2D eigenvalue weighted by atomic mass is 10.1. The summed E-state index contributed by atoms with van der Waals surface area (Å²) in [6, 6.07) is 7.77. The summed E-state index contributed by atoms with van der Waals surface area (Å²) in [7, 11) is -4.02. The van der Waals surface area contributed by atoms with E-state index in [1.807, 2.05) is 0 Å². The van der Waals surface area contributed by atoms with Gasteiger partial charge in [0.15, 0.2) is 7.14 Å². The van der Waals surface area contributed by atoms with E-state index < -0.39 is 53.8 Å². The van der Waals surface area contributed by atoms with Crippen LogP contribution in [0.4, 0.5) is 26.3 Å². The molecule has 33 heavy (non-hydrogen) atoms. The Kier molecular flexibility index (Phi) is 10.0. The molecule has 0 aromatic heterocycles. The van der Waals surface area contributed by atoms with Crippen molar-refractivity contribution in [2.45, 2.75) is 57.8 Å². The highest BCUT2D eigenvalue weighted by atomic mass is 127. The van der Waals surface area contributed by atoms with E-state index in [2.05, 4.69) is 6.92 Å². The van der Waals surface area contributed by atoms with Crippen LogP contribution in [0.5, 0.6) is 0 Å². The van der Waals surface area contributed by atoms with E-state index >= 15 is 0 Å². The largest absolute Gasteiger partial charge is 0.416 e. The first-order valence-electron chi connectivity index (χ1n) is 10.3. The molecule has 11 heteroatoms. The number of rotatable bonds is 11. The van der Waals surface area contributed by atoms with Crippen molar-refractivity contribution >= 4 is 10.1 Å².